The predicted octanol–water partition coefficient (Wildman–Crippen LogP) is 3.85. The molecule has 2 saturated carbocycles. The molecule has 2 amide bonds. The van der Waals surface area contributed by atoms with Crippen LogP contribution in [0.25, 0.3) is 10.4 Å². The molecular formula is C25H31F2N5O3S. The molecule has 2 atom stereocenters. The van der Waals surface area contributed by atoms with E-state index in [1.165, 1.54) is 12.8 Å². The molecule has 1 aliphatic heterocycles. The topological polar surface area (TPSA) is 107 Å². The molecule has 2 aromatic heterocycles. The lowest BCUT2D eigenvalue weighted by atomic mass is 9.89. The Kier molecular flexibility index (Phi) is 6.48. The number of aryl methyl sites for hydroxylation is 1. The van der Waals surface area contributed by atoms with Gasteiger partial charge in [-0.15, -0.1) is 11.3 Å². The number of halogens is 2. The molecule has 3 N–H and O–H groups in total. The van der Waals surface area contributed by atoms with Crippen molar-refractivity contribution in [3.63, 3.8) is 0 Å². The van der Waals surface area contributed by atoms with Crippen LogP contribution in [0.3, 0.4) is 0 Å². The monoisotopic (exact) mass is 519 g/mol. The third-order valence-electron chi connectivity index (χ3n) is 7.32. The number of pyridine rings is 1. The molecule has 2 aromatic rings. The molecule has 0 radical (unpaired) electrons. The highest BCUT2D eigenvalue weighted by Gasteiger charge is 2.46. The van der Waals surface area contributed by atoms with Crippen molar-refractivity contribution in [1.29, 1.82) is 0 Å². The molecule has 0 unspecified atom stereocenters. The Balaban J connectivity index is 1.46. The number of carbonyl (C=O) groups excluding carboxylic acids is 2. The van der Waals surface area contributed by atoms with Gasteiger partial charge in [-0.2, -0.15) is 0 Å². The maximum atomic E-state index is 14.1. The van der Waals surface area contributed by atoms with Crippen LogP contribution in [0.15, 0.2) is 12.3 Å². The molecule has 0 aromatic carbocycles. The molecule has 0 bridgehead atoms. The zero-order chi connectivity index (χ0) is 25.8. The summed E-state index contributed by atoms with van der Waals surface area (Å²) in [5.41, 5.74) is 1.46. The van der Waals surface area contributed by atoms with Gasteiger partial charge >= 0.3 is 0 Å². The molecule has 3 aliphatic rings. The van der Waals surface area contributed by atoms with E-state index in [0.29, 0.717) is 35.2 Å². The average Bonchev–Trinajstić information content (AvgIpc) is 3.48. The Hall–Kier alpha value is -2.66. The van der Waals surface area contributed by atoms with E-state index in [1.807, 2.05) is 13.0 Å². The number of hydrogen-bond acceptors (Lipinski definition) is 7. The van der Waals surface area contributed by atoms with E-state index in [-0.39, 0.29) is 16.7 Å². The van der Waals surface area contributed by atoms with Gasteiger partial charge in [0.05, 0.1) is 17.5 Å². The fraction of sp³-hybridized carbons (Fsp3) is 0.600. The summed E-state index contributed by atoms with van der Waals surface area (Å²) in [4.78, 5) is 36.8. The van der Waals surface area contributed by atoms with E-state index in [2.05, 4.69) is 27.5 Å². The fourth-order valence-corrected chi connectivity index (χ4v) is 5.97. The van der Waals surface area contributed by atoms with Crippen molar-refractivity contribution in [3.05, 3.63) is 28.5 Å². The zero-order valence-electron chi connectivity index (χ0n) is 20.6. The van der Waals surface area contributed by atoms with Crippen molar-refractivity contribution in [2.45, 2.75) is 83.0 Å². The largest absolute Gasteiger partial charge is 0.393 e. The Bertz CT molecular complexity index is 1180. The van der Waals surface area contributed by atoms with E-state index in [0.717, 1.165) is 27.6 Å². The summed E-state index contributed by atoms with van der Waals surface area (Å²) >= 11 is 1.05. The quantitative estimate of drug-likeness (QED) is 0.513. The SMILES string of the molecule is Cc1cc(N[C@H](C)C2CC2)ncc1-c1sc(C(=O)NC2CC(O)C2)nc1C(=O)N1CC(F)(F)C[C@@H]1C. The van der Waals surface area contributed by atoms with Gasteiger partial charge in [0.1, 0.15) is 11.5 Å². The van der Waals surface area contributed by atoms with Gasteiger partial charge in [0.2, 0.25) is 0 Å². The zero-order valence-corrected chi connectivity index (χ0v) is 21.4. The van der Waals surface area contributed by atoms with E-state index in [9.17, 15) is 23.5 Å². The lowest BCUT2D eigenvalue weighted by Gasteiger charge is -2.31. The van der Waals surface area contributed by atoms with Crippen LogP contribution in [0.4, 0.5) is 14.6 Å². The number of thiazole rings is 1. The second kappa shape index (κ2) is 9.33. The number of alkyl halides is 2. The standard InChI is InChI=1S/C25H31F2N5O3S/c1-12-6-19(29-14(3)15-4-5-15)28-10-18(12)21-20(24(35)32-11-25(26,27)9-13(32)2)31-23(36-21)22(34)30-16-7-17(33)8-16/h6,10,13-17,33H,4-5,7-9,11H2,1-3H3,(H,28,29)(H,30,34)/t13-,14+,16?,17?/m0/s1. The van der Waals surface area contributed by atoms with Crippen molar-refractivity contribution in [1.82, 2.24) is 20.2 Å². The second-order valence-electron chi connectivity index (χ2n) is 10.5. The number of nitrogens with zero attached hydrogens (tertiary/aromatic N) is 3. The van der Waals surface area contributed by atoms with Gasteiger partial charge < -0.3 is 20.6 Å². The second-order valence-corrected chi connectivity index (χ2v) is 11.5. The van der Waals surface area contributed by atoms with Gasteiger partial charge in [-0.25, -0.2) is 18.7 Å². The van der Waals surface area contributed by atoms with Crippen LogP contribution >= 0.6 is 11.3 Å². The van der Waals surface area contributed by atoms with E-state index in [4.69, 9.17) is 0 Å². The summed E-state index contributed by atoms with van der Waals surface area (Å²) in [6.45, 7) is 4.93. The van der Waals surface area contributed by atoms with Crippen molar-refractivity contribution in [3.8, 4) is 10.4 Å². The number of carbonyl (C=O) groups is 2. The minimum absolute atomic E-state index is 0.0136. The summed E-state index contributed by atoms with van der Waals surface area (Å²) in [5.74, 6) is -2.65. The summed E-state index contributed by atoms with van der Waals surface area (Å²) in [6.07, 6.45) is 4.15. The maximum absolute atomic E-state index is 14.1. The van der Waals surface area contributed by atoms with Crippen LogP contribution in [-0.4, -0.2) is 68.5 Å². The first-order valence-corrected chi connectivity index (χ1v) is 13.2. The maximum Gasteiger partial charge on any atom is 0.280 e. The summed E-state index contributed by atoms with van der Waals surface area (Å²) in [7, 11) is 0. The lowest BCUT2D eigenvalue weighted by molar-refractivity contribution is 0.0117. The van der Waals surface area contributed by atoms with Gasteiger partial charge in [0.25, 0.3) is 17.7 Å². The fourth-order valence-electron chi connectivity index (χ4n) is 4.94. The van der Waals surface area contributed by atoms with E-state index < -0.39 is 42.8 Å². The van der Waals surface area contributed by atoms with Crippen molar-refractivity contribution >= 4 is 29.0 Å². The smallest absolute Gasteiger partial charge is 0.280 e. The van der Waals surface area contributed by atoms with E-state index in [1.54, 1.807) is 13.1 Å². The minimum atomic E-state index is -2.96. The van der Waals surface area contributed by atoms with Gasteiger partial charge in [-0.1, -0.05) is 0 Å². The number of anilines is 1. The predicted molar refractivity (Wildman–Crippen MR) is 132 cm³/mol. The molecule has 2 aliphatic carbocycles. The molecule has 3 fully saturated rings. The average molecular weight is 520 g/mol. The molecule has 11 heteroatoms. The van der Waals surface area contributed by atoms with Gasteiger partial charge in [-0.05, 0) is 64.0 Å². The molecule has 0 spiro atoms. The summed E-state index contributed by atoms with van der Waals surface area (Å²) < 4.78 is 28.1. The van der Waals surface area contributed by atoms with Crippen LogP contribution in [-0.2, 0) is 0 Å². The number of rotatable bonds is 7. The highest BCUT2D eigenvalue weighted by molar-refractivity contribution is 7.17. The highest BCUT2D eigenvalue weighted by Crippen LogP contribution is 2.38. The molecule has 194 valence electrons. The number of likely N-dealkylation sites (tertiary alicyclic amines) is 1. The number of aromatic nitrogens is 2. The lowest BCUT2D eigenvalue weighted by Crippen LogP contribution is -2.46. The van der Waals surface area contributed by atoms with Crippen LogP contribution in [0, 0.1) is 12.8 Å². The third-order valence-corrected chi connectivity index (χ3v) is 8.41. The Morgan fingerprint density at radius 3 is 2.61 bits per heavy atom. The Morgan fingerprint density at radius 1 is 1.31 bits per heavy atom. The van der Waals surface area contributed by atoms with Crippen LogP contribution in [0.1, 0.15) is 71.8 Å². The molecule has 5 rings (SSSR count). The highest BCUT2D eigenvalue weighted by atomic mass is 32.1. The van der Waals surface area contributed by atoms with Crippen LogP contribution in [0.5, 0.6) is 0 Å². The normalized spacial score (nSPS) is 25.8. The van der Waals surface area contributed by atoms with Crippen LogP contribution < -0.4 is 10.6 Å². The first kappa shape index (κ1) is 25.0. The number of aliphatic hydroxyl groups excluding tert-OH is 1. The number of hydrogen-bond donors (Lipinski definition) is 3. The minimum Gasteiger partial charge on any atom is -0.393 e. The molecule has 36 heavy (non-hydrogen) atoms. The van der Waals surface area contributed by atoms with Crippen LogP contribution in [0.2, 0.25) is 0 Å². The van der Waals surface area contributed by atoms with Crippen molar-refractivity contribution < 1.29 is 23.5 Å². The summed E-state index contributed by atoms with van der Waals surface area (Å²) in [6, 6.07) is 1.40. The number of amides is 2. The molecule has 1 saturated heterocycles. The van der Waals surface area contributed by atoms with Crippen molar-refractivity contribution in [2.75, 3.05) is 11.9 Å². The third kappa shape index (κ3) is 5.08. The molecular weight excluding hydrogens is 488 g/mol. The first-order valence-electron chi connectivity index (χ1n) is 12.4. The summed E-state index contributed by atoms with van der Waals surface area (Å²) in [5, 5.41) is 15.8. The van der Waals surface area contributed by atoms with E-state index >= 15 is 0 Å². The molecule has 3 heterocycles. The Labute approximate surface area is 212 Å². The first-order chi connectivity index (χ1) is 17.0. The number of aliphatic hydroxyl groups is 1. The van der Waals surface area contributed by atoms with Gasteiger partial charge in [-0.3, -0.25) is 9.59 Å². The Morgan fingerprint density at radius 2 is 2.03 bits per heavy atom. The van der Waals surface area contributed by atoms with Gasteiger partial charge in [0, 0.05) is 36.3 Å². The molecule has 8 nitrogen and oxygen atoms in total. The van der Waals surface area contributed by atoms with Crippen molar-refractivity contribution in [2.24, 2.45) is 5.92 Å². The number of nitrogens with one attached hydrogen (secondary N) is 2. The van der Waals surface area contributed by atoms with Gasteiger partial charge in [0.15, 0.2) is 5.01 Å².